The summed E-state index contributed by atoms with van der Waals surface area (Å²) in [5.74, 6) is 0.630. The van der Waals surface area contributed by atoms with E-state index in [1.807, 2.05) is 6.92 Å². The molecule has 3 heterocycles. The van der Waals surface area contributed by atoms with Crippen molar-refractivity contribution in [1.82, 2.24) is 15.1 Å². The largest absolute Gasteiger partial charge is 0.383 e. The Morgan fingerprint density at radius 2 is 2.19 bits per heavy atom. The van der Waals surface area contributed by atoms with Crippen molar-refractivity contribution in [3.8, 4) is 0 Å². The van der Waals surface area contributed by atoms with Crippen LogP contribution in [0.3, 0.4) is 0 Å². The van der Waals surface area contributed by atoms with Crippen LogP contribution in [0, 0.1) is 0 Å². The molecule has 0 spiro atoms. The lowest BCUT2D eigenvalue weighted by molar-refractivity contribution is -0.414. The second-order valence-corrected chi connectivity index (χ2v) is 4.78. The number of aromatic nitrogens is 2. The van der Waals surface area contributed by atoms with Crippen LogP contribution in [0.1, 0.15) is 38.4 Å². The van der Waals surface area contributed by atoms with Gasteiger partial charge in [-0.1, -0.05) is 0 Å². The standard InChI is InChI=1S/C10H16N4O2/c1-5-15-9(16-5)14-8(11)6-4-12-10(2,3)7(6)13-14/h5,9,12H,4,11H2,1-3H3. The Morgan fingerprint density at radius 1 is 1.50 bits per heavy atom. The summed E-state index contributed by atoms with van der Waals surface area (Å²) in [6.45, 7) is 6.76. The zero-order valence-electron chi connectivity index (χ0n) is 9.65. The molecule has 88 valence electrons. The lowest BCUT2D eigenvalue weighted by atomic mass is 10.0. The average Bonchev–Trinajstić information content (AvgIpc) is 2.63. The van der Waals surface area contributed by atoms with Crippen LogP contribution >= 0.6 is 0 Å². The third kappa shape index (κ3) is 1.20. The highest BCUT2D eigenvalue weighted by Crippen LogP contribution is 2.36. The van der Waals surface area contributed by atoms with E-state index in [4.69, 9.17) is 15.2 Å². The topological polar surface area (TPSA) is 74.3 Å². The third-order valence-corrected chi connectivity index (χ3v) is 3.16. The molecule has 16 heavy (non-hydrogen) atoms. The fourth-order valence-electron chi connectivity index (χ4n) is 2.17. The van der Waals surface area contributed by atoms with Gasteiger partial charge in [0.15, 0.2) is 6.29 Å². The van der Waals surface area contributed by atoms with Crippen LogP contribution in [0.5, 0.6) is 0 Å². The van der Waals surface area contributed by atoms with E-state index < -0.39 is 6.41 Å². The third-order valence-electron chi connectivity index (χ3n) is 3.16. The lowest BCUT2D eigenvalue weighted by Gasteiger charge is -2.34. The second kappa shape index (κ2) is 2.97. The molecule has 6 nitrogen and oxygen atoms in total. The summed E-state index contributed by atoms with van der Waals surface area (Å²) in [6, 6.07) is 0. The van der Waals surface area contributed by atoms with Crippen molar-refractivity contribution in [2.24, 2.45) is 0 Å². The van der Waals surface area contributed by atoms with Gasteiger partial charge in [-0.05, 0) is 20.8 Å². The van der Waals surface area contributed by atoms with Gasteiger partial charge in [-0.25, -0.2) is 0 Å². The molecule has 1 saturated heterocycles. The number of ether oxygens (including phenoxy) is 2. The van der Waals surface area contributed by atoms with Gasteiger partial charge in [0.1, 0.15) is 5.82 Å². The number of fused-ring (bicyclic) bond motifs is 1. The Kier molecular flexibility index (Phi) is 1.87. The highest BCUT2D eigenvalue weighted by molar-refractivity contribution is 5.48. The van der Waals surface area contributed by atoms with Crippen molar-refractivity contribution in [1.29, 1.82) is 0 Å². The maximum absolute atomic E-state index is 6.03. The summed E-state index contributed by atoms with van der Waals surface area (Å²) in [5.41, 5.74) is 7.93. The maximum Gasteiger partial charge on any atom is 0.265 e. The molecular weight excluding hydrogens is 208 g/mol. The molecule has 0 radical (unpaired) electrons. The normalized spacial score (nSPS) is 31.2. The van der Waals surface area contributed by atoms with Crippen LogP contribution in [0.4, 0.5) is 5.82 Å². The van der Waals surface area contributed by atoms with E-state index in [-0.39, 0.29) is 11.8 Å². The van der Waals surface area contributed by atoms with Crippen molar-refractivity contribution in [3.63, 3.8) is 0 Å². The summed E-state index contributed by atoms with van der Waals surface area (Å²) < 4.78 is 12.4. The highest BCUT2D eigenvalue weighted by Gasteiger charge is 2.39. The summed E-state index contributed by atoms with van der Waals surface area (Å²) in [4.78, 5) is 0. The van der Waals surface area contributed by atoms with Gasteiger partial charge in [0, 0.05) is 12.1 Å². The predicted octanol–water partition coefficient (Wildman–Crippen LogP) is 0.652. The quantitative estimate of drug-likeness (QED) is 0.732. The van der Waals surface area contributed by atoms with Crippen molar-refractivity contribution in [3.05, 3.63) is 11.3 Å². The maximum atomic E-state index is 6.03. The van der Waals surface area contributed by atoms with Gasteiger partial charge >= 0.3 is 0 Å². The fourth-order valence-corrected chi connectivity index (χ4v) is 2.17. The summed E-state index contributed by atoms with van der Waals surface area (Å²) in [6.07, 6.45) is -0.633. The molecule has 6 heteroatoms. The minimum absolute atomic E-state index is 0.135. The molecule has 0 unspecified atom stereocenters. The smallest absolute Gasteiger partial charge is 0.265 e. The van der Waals surface area contributed by atoms with Crippen LogP contribution in [0.2, 0.25) is 0 Å². The summed E-state index contributed by atoms with van der Waals surface area (Å²) in [7, 11) is 0. The second-order valence-electron chi connectivity index (χ2n) is 4.78. The van der Waals surface area contributed by atoms with E-state index in [0.717, 1.165) is 17.8 Å². The summed E-state index contributed by atoms with van der Waals surface area (Å²) in [5, 5.41) is 7.83. The summed E-state index contributed by atoms with van der Waals surface area (Å²) >= 11 is 0. The van der Waals surface area contributed by atoms with Crippen molar-refractivity contribution in [2.45, 2.75) is 45.6 Å². The van der Waals surface area contributed by atoms with E-state index in [1.165, 1.54) is 0 Å². The van der Waals surface area contributed by atoms with Crippen LogP contribution in [0.15, 0.2) is 0 Å². The van der Waals surface area contributed by atoms with E-state index in [1.54, 1.807) is 4.68 Å². The number of anilines is 1. The predicted molar refractivity (Wildman–Crippen MR) is 57.2 cm³/mol. The average molecular weight is 224 g/mol. The zero-order chi connectivity index (χ0) is 11.5. The first kappa shape index (κ1) is 10.1. The molecule has 0 bridgehead atoms. The number of nitrogens with two attached hydrogens (primary N) is 1. The first-order valence-corrected chi connectivity index (χ1v) is 5.42. The van der Waals surface area contributed by atoms with Crippen molar-refractivity contribution < 1.29 is 9.47 Å². The molecule has 1 fully saturated rings. The molecule has 0 amide bonds. The van der Waals surface area contributed by atoms with Crippen molar-refractivity contribution >= 4 is 5.82 Å². The van der Waals surface area contributed by atoms with E-state index in [2.05, 4.69) is 24.3 Å². The van der Waals surface area contributed by atoms with Gasteiger partial charge < -0.3 is 20.5 Å². The highest BCUT2D eigenvalue weighted by atomic mass is 16.9. The molecule has 3 rings (SSSR count). The number of hydrogen-bond donors (Lipinski definition) is 2. The molecule has 0 aliphatic carbocycles. The monoisotopic (exact) mass is 224 g/mol. The first-order valence-electron chi connectivity index (χ1n) is 5.42. The SMILES string of the molecule is CC1OC(n2nc3c(c2N)CNC3(C)C)O1. The lowest BCUT2D eigenvalue weighted by Crippen LogP contribution is -2.38. The molecule has 2 aliphatic heterocycles. The molecule has 0 saturated carbocycles. The molecule has 1 aromatic heterocycles. The molecule has 2 aliphatic rings. The number of nitrogens with one attached hydrogen (secondary N) is 1. The van der Waals surface area contributed by atoms with E-state index in [9.17, 15) is 0 Å². The van der Waals surface area contributed by atoms with Gasteiger partial charge in [-0.15, -0.1) is 0 Å². The number of rotatable bonds is 1. The van der Waals surface area contributed by atoms with Gasteiger partial charge in [-0.2, -0.15) is 9.78 Å². The Balaban J connectivity index is 1.98. The van der Waals surface area contributed by atoms with Gasteiger partial charge in [-0.3, -0.25) is 0 Å². The van der Waals surface area contributed by atoms with Gasteiger partial charge in [0.2, 0.25) is 0 Å². The Hall–Kier alpha value is -1.11. The minimum Gasteiger partial charge on any atom is -0.383 e. The molecule has 0 aromatic carbocycles. The van der Waals surface area contributed by atoms with Gasteiger partial charge in [0.05, 0.1) is 11.2 Å². The molecular formula is C10H16N4O2. The van der Waals surface area contributed by atoms with Crippen LogP contribution in [-0.4, -0.2) is 16.1 Å². The number of nitrogens with zero attached hydrogens (tertiary/aromatic N) is 2. The Bertz CT molecular complexity index is 434. The van der Waals surface area contributed by atoms with Crippen molar-refractivity contribution in [2.75, 3.05) is 5.73 Å². The Labute approximate surface area is 93.7 Å². The number of nitrogen functional groups attached to an aromatic ring is 1. The molecule has 1 aromatic rings. The first-order chi connectivity index (χ1) is 7.49. The minimum atomic E-state index is -0.462. The van der Waals surface area contributed by atoms with E-state index in [0.29, 0.717) is 5.82 Å². The Morgan fingerprint density at radius 3 is 2.75 bits per heavy atom. The van der Waals surface area contributed by atoms with Crippen LogP contribution < -0.4 is 11.1 Å². The fraction of sp³-hybridized carbons (Fsp3) is 0.700. The zero-order valence-corrected chi connectivity index (χ0v) is 9.65. The number of hydrogen-bond acceptors (Lipinski definition) is 5. The van der Waals surface area contributed by atoms with Gasteiger partial charge in [0.25, 0.3) is 6.41 Å². The van der Waals surface area contributed by atoms with Crippen LogP contribution in [-0.2, 0) is 21.6 Å². The van der Waals surface area contributed by atoms with Crippen LogP contribution in [0.25, 0.3) is 0 Å². The van der Waals surface area contributed by atoms with E-state index >= 15 is 0 Å². The molecule has 3 N–H and O–H groups in total. The molecule has 0 atom stereocenters.